The summed E-state index contributed by atoms with van der Waals surface area (Å²) in [7, 11) is 0. The van der Waals surface area contributed by atoms with Crippen molar-refractivity contribution in [2.24, 2.45) is 5.73 Å². The van der Waals surface area contributed by atoms with Gasteiger partial charge in [-0.15, -0.1) is 0 Å². The zero-order valence-electron chi connectivity index (χ0n) is 8.94. The van der Waals surface area contributed by atoms with E-state index in [1.807, 2.05) is 0 Å². The second kappa shape index (κ2) is 3.50. The predicted octanol–water partition coefficient (Wildman–Crippen LogP) is 1.52. The van der Waals surface area contributed by atoms with Crippen LogP contribution in [0.15, 0.2) is 0 Å². The molecule has 0 aliphatic carbocycles. The first kappa shape index (κ1) is 10.3. The first-order valence-corrected chi connectivity index (χ1v) is 4.71. The van der Waals surface area contributed by atoms with E-state index in [2.05, 4.69) is 37.7 Å². The minimum absolute atomic E-state index is 0.118. The highest BCUT2D eigenvalue weighted by Gasteiger charge is 2.20. The summed E-state index contributed by atoms with van der Waals surface area (Å²) in [6.07, 6.45) is 0.830. The summed E-state index contributed by atoms with van der Waals surface area (Å²) in [6, 6.07) is 0. The number of imidazole rings is 1. The number of aryl methyl sites for hydroxylation is 1. The van der Waals surface area contributed by atoms with Crippen molar-refractivity contribution in [1.29, 1.82) is 0 Å². The Morgan fingerprint density at radius 3 is 2.38 bits per heavy atom. The second-order valence-electron chi connectivity index (χ2n) is 4.45. The number of rotatable bonds is 2. The second-order valence-corrected chi connectivity index (χ2v) is 4.45. The van der Waals surface area contributed by atoms with Crippen molar-refractivity contribution < 1.29 is 0 Å². The molecular formula is C10H19N3. The number of aromatic amines is 1. The summed E-state index contributed by atoms with van der Waals surface area (Å²) in [5.74, 6) is 1.00. The summed E-state index contributed by atoms with van der Waals surface area (Å²) >= 11 is 0. The fourth-order valence-corrected chi connectivity index (χ4v) is 1.51. The van der Waals surface area contributed by atoms with Gasteiger partial charge in [-0.1, -0.05) is 20.8 Å². The highest BCUT2D eigenvalue weighted by molar-refractivity contribution is 5.20. The Morgan fingerprint density at radius 2 is 2.00 bits per heavy atom. The molecule has 0 saturated heterocycles. The molecule has 1 rings (SSSR count). The summed E-state index contributed by atoms with van der Waals surface area (Å²) in [5, 5.41) is 0. The molecule has 0 aliphatic heterocycles. The summed E-state index contributed by atoms with van der Waals surface area (Å²) in [4.78, 5) is 7.80. The van der Waals surface area contributed by atoms with Crippen LogP contribution in [0.3, 0.4) is 0 Å². The molecule has 1 heterocycles. The lowest BCUT2D eigenvalue weighted by Gasteiger charge is -2.15. The van der Waals surface area contributed by atoms with Crippen LogP contribution < -0.4 is 5.73 Å². The molecule has 0 amide bonds. The van der Waals surface area contributed by atoms with E-state index < -0.39 is 0 Å². The van der Waals surface area contributed by atoms with Crippen LogP contribution in [0.1, 0.15) is 38.0 Å². The molecule has 0 saturated carbocycles. The van der Waals surface area contributed by atoms with Crippen LogP contribution in [-0.4, -0.2) is 16.5 Å². The predicted molar refractivity (Wildman–Crippen MR) is 54.8 cm³/mol. The Kier molecular flexibility index (Phi) is 2.76. The molecule has 0 unspecified atom stereocenters. The third-order valence-corrected chi connectivity index (χ3v) is 2.03. The molecule has 0 atom stereocenters. The van der Waals surface area contributed by atoms with E-state index in [0.29, 0.717) is 6.54 Å². The number of hydrogen-bond acceptors (Lipinski definition) is 2. The van der Waals surface area contributed by atoms with E-state index in [4.69, 9.17) is 5.73 Å². The molecule has 3 heteroatoms. The zero-order valence-corrected chi connectivity index (χ0v) is 8.94. The fraction of sp³-hybridized carbons (Fsp3) is 0.700. The monoisotopic (exact) mass is 181 g/mol. The van der Waals surface area contributed by atoms with E-state index in [9.17, 15) is 0 Å². The molecule has 0 aromatic carbocycles. The van der Waals surface area contributed by atoms with Gasteiger partial charge in [0.15, 0.2) is 0 Å². The van der Waals surface area contributed by atoms with Crippen molar-refractivity contribution >= 4 is 0 Å². The molecule has 0 bridgehead atoms. The van der Waals surface area contributed by atoms with Gasteiger partial charge in [0.05, 0.1) is 5.69 Å². The van der Waals surface area contributed by atoms with Crippen molar-refractivity contribution in [3.63, 3.8) is 0 Å². The Morgan fingerprint density at radius 1 is 1.38 bits per heavy atom. The fourth-order valence-electron chi connectivity index (χ4n) is 1.51. The van der Waals surface area contributed by atoms with Crippen molar-refractivity contribution in [2.75, 3.05) is 6.54 Å². The maximum atomic E-state index is 5.47. The molecule has 0 fully saturated rings. The lowest BCUT2D eigenvalue weighted by molar-refractivity contribution is 0.566. The molecule has 0 aliphatic rings. The highest BCUT2D eigenvalue weighted by atomic mass is 14.9. The normalized spacial score (nSPS) is 12.1. The molecule has 1 aromatic rings. The quantitative estimate of drug-likeness (QED) is 0.726. The first-order valence-electron chi connectivity index (χ1n) is 4.71. The Bertz CT molecular complexity index is 281. The summed E-state index contributed by atoms with van der Waals surface area (Å²) in [6.45, 7) is 9.22. The molecule has 0 radical (unpaired) electrons. The van der Waals surface area contributed by atoms with Crippen LogP contribution in [0.4, 0.5) is 0 Å². The number of nitrogens with two attached hydrogens (primary N) is 1. The van der Waals surface area contributed by atoms with Gasteiger partial charge in [0.1, 0.15) is 5.82 Å². The number of nitrogens with one attached hydrogen (secondary N) is 1. The van der Waals surface area contributed by atoms with Crippen molar-refractivity contribution in [3.8, 4) is 0 Å². The minimum atomic E-state index is 0.118. The third-order valence-electron chi connectivity index (χ3n) is 2.03. The average molecular weight is 181 g/mol. The molecule has 1 aromatic heterocycles. The van der Waals surface area contributed by atoms with E-state index >= 15 is 0 Å². The zero-order chi connectivity index (χ0) is 10.1. The molecule has 3 nitrogen and oxygen atoms in total. The average Bonchev–Trinajstić information content (AvgIpc) is 2.30. The van der Waals surface area contributed by atoms with Gasteiger partial charge < -0.3 is 10.7 Å². The van der Waals surface area contributed by atoms with E-state index in [1.54, 1.807) is 0 Å². The van der Waals surface area contributed by atoms with Crippen LogP contribution in [0.5, 0.6) is 0 Å². The molecule has 0 spiro atoms. The van der Waals surface area contributed by atoms with Crippen LogP contribution in [0, 0.1) is 6.92 Å². The largest absolute Gasteiger partial charge is 0.346 e. The van der Waals surface area contributed by atoms with Gasteiger partial charge >= 0.3 is 0 Å². The van der Waals surface area contributed by atoms with E-state index in [1.165, 1.54) is 0 Å². The van der Waals surface area contributed by atoms with Crippen molar-refractivity contribution in [2.45, 2.75) is 39.5 Å². The van der Waals surface area contributed by atoms with Gasteiger partial charge in [-0.05, 0) is 13.5 Å². The number of aromatic nitrogens is 2. The molecule has 13 heavy (non-hydrogen) atoms. The van der Waals surface area contributed by atoms with Crippen molar-refractivity contribution in [1.82, 2.24) is 9.97 Å². The van der Waals surface area contributed by atoms with E-state index in [0.717, 1.165) is 23.6 Å². The smallest absolute Gasteiger partial charge is 0.107 e. The molecule has 74 valence electrons. The first-order chi connectivity index (χ1) is 5.95. The maximum absolute atomic E-state index is 5.47. The summed E-state index contributed by atoms with van der Waals surface area (Å²) < 4.78 is 0. The van der Waals surface area contributed by atoms with Crippen LogP contribution in [0.25, 0.3) is 0 Å². The van der Waals surface area contributed by atoms with Crippen LogP contribution in [-0.2, 0) is 11.8 Å². The standard InChI is InChI=1S/C10H19N3/c1-7-9(10(2,3)4)13-8(12-7)5-6-11/h5-6,11H2,1-4H3,(H,12,13). The Labute approximate surface area is 79.8 Å². The van der Waals surface area contributed by atoms with Gasteiger partial charge in [-0.2, -0.15) is 0 Å². The topological polar surface area (TPSA) is 54.7 Å². The van der Waals surface area contributed by atoms with Gasteiger partial charge in [-0.25, -0.2) is 4.98 Å². The number of hydrogen-bond donors (Lipinski definition) is 2. The van der Waals surface area contributed by atoms with Crippen LogP contribution in [0.2, 0.25) is 0 Å². The lowest BCUT2D eigenvalue weighted by atomic mass is 9.91. The number of nitrogens with zero attached hydrogens (tertiary/aromatic N) is 1. The van der Waals surface area contributed by atoms with Gasteiger partial charge in [0, 0.05) is 17.5 Å². The third kappa shape index (κ3) is 2.31. The summed E-state index contributed by atoms with van der Waals surface area (Å²) in [5.41, 5.74) is 7.90. The maximum Gasteiger partial charge on any atom is 0.107 e. The van der Waals surface area contributed by atoms with Gasteiger partial charge in [0.25, 0.3) is 0 Å². The number of H-pyrrole nitrogens is 1. The van der Waals surface area contributed by atoms with Gasteiger partial charge in [-0.3, -0.25) is 0 Å². The van der Waals surface area contributed by atoms with E-state index in [-0.39, 0.29) is 5.41 Å². The highest BCUT2D eigenvalue weighted by Crippen LogP contribution is 2.23. The van der Waals surface area contributed by atoms with Crippen LogP contribution >= 0.6 is 0 Å². The SMILES string of the molecule is Cc1[nH]c(CCN)nc1C(C)(C)C. The molecular weight excluding hydrogens is 162 g/mol. The minimum Gasteiger partial charge on any atom is -0.346 e. The lowest BCUT2D eigenvalue weighted by Crippen LogP contribution is -2.13. The Balaban J connectivity index is 2.96. The Hall–Kier alpha value is -0.830. The molecule has 3 N–H and O–H groups in total. The van der Waals surface area contributed by atoms with Crippen molar-refractivity contribution in [3.05, 3.63) is 17.2 Å². The van der Waals surface area contributed by atoms with Gasteiger partial charge in [0.2, 0.25) is 0 Å².